The van der Waals surface area contributed by atoms with Crippen molar-refractivity contribution in [2.45, 2.75) is 6.54 Å². The smallest absolute Gasteiger partial charge is 0.177 e. The molecule has 0 fully saturated rings. The Labute approximate surface area is 89.7 Å². The van der Waals surface area contributed by atoms with Crippen molar-refractivity contribution in [2.75, 3.05) is 0 Å². The Morgan fingerprint density at radius 2 is 2.12 bits per heavy atom. The molecule has 0 bridgehead atoms. The zero-order valence-electron chi connectivity index (χ0n) is 8.26. The first kappa shape index (κ1) is 9.17. The molecular weight excluding hydrogens is 209 g/mol. The maximum Gasteiger partial charge on any atom is 0.177 e. The van der Waals surface area contributed by atoms with Crippen LogP contribution in [0.2, 0.25) is 0 Å². The fourth-order valence-corrected chi connectivity index (χ4v) is 1.68. The quantitative estimate of drug-likeness (QED) is 0.656. The lowest BCUT2D eigenvalue weighted by atomic mass is 10.2. The van der Waals surface area contributed by atoms with Crippen LogP contribution in [0.25, 0.3) is 16.7 Å². The zero-order chi connectivity index (χ0) is 11.1. The zero-order valence-corrected chi connectivity index (χ0v) is 8.26. The van der Waals surface area contributed by atoms with Gasteiger partial charge < -0.3 is 5.73 Å². The molecule has 0 aliphatic rings. The molecule has 0 saturated heterocycles. The van der Waals surface area contributed by atoms with Crippen LogP contribution >= 0.6 is 0 Å². The van der Waals surface area contributed by atoms with E-state index in [-0.39, 0.29) is 12.1 Å². The summed E-state index contributed by atoms with van der Waals surface area (Å²) >= 11 is 0. The van der Waals surface area contributed by atoms with Crippen LogP contribution < -0.4 is 5.73 Å². The number of fused-ring (bicyclic) bond motifs is 3. The van der Waals surface area contributed by atoms with Gasteiger partial charge in [-0.05, 0) is 6.07 Å². The predicted octanol–water partition coefficient (Wildman–Crippen LogP) is 0.875. The van der Waals surface area contributed by atoms with E-state index in [0.717, 1.165) is 0 Å². The van der Waals surface area contributed by atoms with Crippen molar-refractivity contribution in [2.24, 2.45) is 5.73 Å². The molecule has 2 N–H and O–H groups in total. The van der Waals surface area contributed by atoms with Crippen molar-refractivity contribution >= 4 is 16.7 Å². The summed E-state index contributed by atoms with van der Waals surface area (Å²) in [5, 5.41) is 11.8. The molecule has 6 heteroatoms. The van der Waals surface area contributed by atoms with Crippen LogP contribution in [0.3, 0.4) is 0 Å². The first-order valence-electron chi connectivity index (χ1n) is 4.79. The Hall–Kier alpha value is -2.08. The minimum atomic E-state index is -0.426. The van der Waals surface area contributed by atoms with Gasteiger partial charge in [0.15, 0.2) is 11.5 Å². The monoisotopic (exact) mass is 217 g/mol. The van der Waals surface area contributed by atoms with Gasteiger partial charge in [-0.3, -0.25) is 0 Å². The number of hydrogen-bond acceptors (Lipinski definition) is 4. The molecule has 16 heavy (non-hydrogen) atoms. The summed E-state index contributed by atoms with van der Waals surface area (Å²) in [6.07, 6.45) is 1.60. The summed E-state index contributed by atoms with van der Waals surface area (Å²) in [6, 6.07) is 5.09. The van der Waals surface area contributed by atoms with Crippen LogP contribution in [0.1, 0.15) is 5.56 Å². The lowest BCUT2D eigenvalue weighted by Crippen LogP contribution is -2.04. The highest BCUT2D eigenvalue weighted by Crippen LogP contribution is 2.18. The van der Waals surface area contributed by atoms with Gasteiger partial charge in [-0.2, -0.15) is 5.10 Å². The third-order valence-corrected chi connectivity index (χ3v) is 2.50. The molecule has 2 heterocycles. The highest BCUT2D eigenvalue weighted by molar-refractivity contribution is 5.77. The van der Waals surface area contributed by atoms with E-state index in [1.54, 1.807) is 28.9 Å². The normalized spacial score (nSPS) is 11.4. The van der Waals surface area contributed by atoms with E-state index in [4.69, 9.17) is 5.73 Å². The highest BCUT2D eigenvalue weighted by Gasteiger charge is 2.11. The number of nitrogens with zero attached hydrogens (tertiary/aromatic N) is 4. The van der Waals surface area contributed by atoms with E-state index < -0.39 is 5.82 Å². The van der Waals surface area contributed by atoms with Gasteiger partial charge in [0.2, 0.25) is 0 Å². The fraction of sp³-hybridized carbons (Fsp3) is 0.100. The Morgan fingerprint density at radius 1 is 1.25 bits per heavy atom. The van der Waals surface area contributed by atoms with Gasteiger partial charge in [-0.1, -0.05) is 6.07 Å². The van der Waals surface area contributed by atoms with E-state index in [2.05, 4.69) is 15.3 Å². The molecule has 3 aromatic rings. The second-order valence-corrected chi connectivity index (χ2v) is 3.41. The summed E-state index contributed by atoms with van der Waals surface area (Å²) < 4.78 is 15.4. The SMILES string of the molecule is NCc1ccc2c(nnc3ccnn32)c1F. The minimum Gasteiger partial charge on any atom is -0.326 e. The van der Waals surface area contributed by atoms with Crippen molar-refractivity contribution < 1.29 is 4.39 Å². The maximum atomic E-state index is 13.9. The van der Waals surface area contributed by atoms with Crippen LogP contribution in [0.4, 0.5) is 4.39 Å². The average molecular weight is 217 g/mol. The fourth-order valence-electron chi connectivity index (χ4n) is 1.68. The molecular formula is C10H8FN5. The largest absolute Gasteiger partial charge is 0.326 e. The average Bonchev–Trinajstić information content (AvgIpc) is 2.77. The standard InChI is InChI=1S/C10H8FN5/c11-9-6(5-12)1-2-7-10(9)15-14-8-3-4-13-16(7)8/h1-4H,5,12H2. The molecule has 0 atom stereocenters. The molecule has 0 saturated carbocycles. The summed E-state index contributed by atoms with van der Waals surface area (Å²) in [4.78, 5) is 0. The Balaban J connectivity index is 2.49. The predicted molar refractivity (Wildman–Crippen MR) is 56.1 cm³/mol. The molecule has 3 rings (SSSR count). The van der Waals surface area contributed by atoms with Crippen LogP contribution in [0.15, 0.2) is 24.4 Å². The summed E-state index contributed by atoms with van der Waals surface area (Å²) in [5.41, 5.74) is 7.22. The molecule has 1 aromatic carbocycles. The molecule has 0 aliphatic carbocycles. The van der Waals surface area contributed by atoms with Crippen molar-refractivity contribution in [1.29, 1.82) is 0 Å². The topological polar surface area (TPSA) is 69.1 Å². The van der Waals surface area contributed by atoms with Crippen molar-refractivity contribution in [3.8, 4) is 0 Å². The minimum absolute atomic E-state index is 0.139. The highest BCUT2D eigenvalue weighted by atomic mass is 19.1. The molecule has 2 aromatic heterocycles. The number of benzene rings is 1. The molecule has 0 amide bonds. The maximum absolute atomic E-state index is 13.9. The van der Waals surface area contributed by atoms with Crippen molar-refractivity contribution in [3.05, 3.63) is 35.8 Å². The molecule has 0 spiro atoms. The number of hydrogen-bond donors (Lipinski definition) is 1. The van der Waals surface area contributed by atoms with Gasteiger partial charge in [-0.25, -0.2) is 8.91 Å². The van der Waals surface area contributed by atoms with Gasteiger partial charge in [0.05, 0.1) is 11.7 Å². The van der Waals surface area contributed by atoms with E-state index >= 15 is 0 Å². The Bertz CT molecular complexity index is 675. The second kappa shape index (κ2) is 3.21. The van der Waals surface area contributed by atoms with E-state index in [1.807, 2.05) is 0 Å². The lowest BCUT2D eigenvalue weighted by Gasteiger charge is -2.04. The lowest BCUT2D eigenvalue weighted by molar-refractivity contribution is 0.617. The third kappa shape index (κ3) is 1.10. The number of nitrogens with two attached hydrogens (primary N) is 1. The first-order chi connectivity index (χ1) is 7.81. The number of rotatable bonds is 1. The molecule has 80 valence electrons. The van der Waals surface area contributed by atoms with Gasteiger partial charge in [0.25, 0.3) is 0 Å². The number of halogens is 1. The van der Waals surface area contributed by atoms with Crippen LogP contribution in [-0.2, 0) is 6.54 Å². The van der Waals surface area contributed by atoms with Crippen LogP contribution in [0.5, 0.6) is 0 Å². The Morgan fingerprint density at radius 3 is 2.94 bits per heavy atom. The summed E-state index contributed by atoms with van der Waals surface area (Å²) in [7, 11) is 0. The van der Waals surface area contributed by atoms with Gasteiger partial charge in [-0.15, -0.1) is 10.2 Å². The van der Waals surface area contributed by atoms with Crippen molar-refractivity contribution in [3.63, 3.8) is 0 Å². The van der Waals surface area contributed by atoms with Gasteiger partial charge in [0.1, 0.15) is 5.52 Å². The first-order valence-corrected chi connectivity index (χ1v) is 4.79. The summed E-state index contributed by atoms with van der Waals surface area (Å²) in [5.74, 6) is -0.426. The number of aromatic nitrogens is 4. The second-order valence-electron chi connectivity index (χ2n) is 3.41. The van der Waals surface area contributed by atoms with Crippen LogP contribution in [0, 0.1) is 5.82 Å². The van der Waals surface area contributed by atoms with Gasteiger partial charge >= 0.3 is 0 Å². The van der Waals surface area contributed by atoms with Gasteiger partial charge in [0, 0.05) is 18.2 Å². The van der Waals surface area contributed by atoms with Crippen molar-refractivity contribution in [1.82, 2.24) is 19.8 Å². The third-order valence-electron chi connectivity index (χ3n) is 2.50. The Kier molecular flexibility index (Phi) is 1.84. The summed E-state index contributed by atoms with van der Waals surface area (Å²) in [6.45, 7) is 0.139. The molecule has 0 aliphatic heterocycles. The molecule has 0 radical (unpaired) electrons. The van der Waals surface area contributed by atoms with E-state index in [1.165, 1.54) is 0 Å². The van der Waals surface area contributed by atoms with E-state index in [9.17, 15) is 4.39 Å². The van der Waals surface area contributed by atoms with Crippen LogP contribution in [-0.4, -0.2) is 19.8 Å². The molecule has 0 unspecified atom stereocenters. The molecule has 5 nitrogen and oxygen atoms in total. The van der Waals surface area contributed by atoms with E-state index in [0.29, 0.717) is 16.7 Å².